The highest BCUT2D eigenvalue weighted by Crippen LogP contribution is 2.21. The molecule has 1 aliphatic rings. The summed E-state index contributed by atoms with van der Waals surface area (Å²) >= 11 is 4.96. The van der Waals surface area contributed by atoms with E-state index in [1.807, 2.05) is 30.0 Å². The first-order chi connectivity index (χ1) is 8.47. The molecule has 0 aliphatic carbocycles. The molecule has 1 unspecified atom stereocenters. The largest absolute Gasteiger partial charge is 0.389 e. The number of amides is 1. The fourth-order valence-electron chi connectivity index (χ4n) is 2.35. The summed E-state index contributed by atoms with van der Waals surface area (Å²) in [5.41, 5.74) is 8.78. The number of hydrogen-bond donors (Lipinski definition) is 1. The number of likely N-dealkylation sites (tertiary alicyclic amines) is 1. The van der Waals surface area contributed by atoms with Crippen molar-refractivity contribution in [3.05, 3.63) is 34.9 Å². The van der Waals surface area contributed by atoms with Gasteiger partial charge in [0.05, 0.1) is 0 Å². The SMILES string of the molecule is Cc1cc(C(N)=S)ccc1CN1CC(C)CC1=O. The van der Waals surface area contributed by atoms with Crippen LogP contribution < -0.4 is 5.73 Å². The summed E-state index contributed by atoms with van der Waals surface area (Å²) in [5, 5.41) is 0. The van der Waals surface area contributed by atoms with Gasteiger partial charge in [-0.2, -0.15) is 0 Å². The topological polar surface area (TPSA) is 46.3 Å². The molecule has 2 rings (SSSR count). The zero-order chi connectivity index (χ0) is 13.3. The van der Waals surface area contributed by atoms with Crippen molar-refractivity contribution in [2.75, 3.05) is 6.54 Å². The number of nitrogens with two attached hydrogens (primary N) is 1. The molecule has 18 heavy (non-hydrogen) atoms. The average Bonchev–Trinajstić information content (AvgIpc) is 2.60. The van der Waals surface area contributed by atoms with Crippen LogP contribution in [0.4, 0.5) is 0 Å². The Morgan fingerprint density at radius 2 is 2.28 bits per heavy atom. The van der Waals surface area contributed by atoms with Crippen LogP contribution >= 0.6 is 12.2 Å². The normalized spacial score (nSPS) is 19.3. The van der Waals surface area contributed by atoms with Gasteiger partial charge in [0.1, 0.15) is 4.99 Å². The third-order valence-corrected chi connectivity index (χ3v) is 3.63. The summed E-state index contributed by atoms with van der Waals surface area (Å²) in [7, 11) is 0. The smallest absolute Gasteiger partial charge is 0.223 e. The zero-order valence-corrected chi connectivity index (χ0v) is 11.6. The van der Waals surface area contributed by atoms with Gasteiger partial charge in [-0.15, -0.1) is 0 Å². The minimum Gasteiger partial charge on any atom is -0.389 e. The molecule has 1 fully saturated rings. The summed E-state index contributed by atoms with van der Waals surface area (Å²) in [5.74, 6) is 0.717. The molecular weight excluding hydrogens is 244 g/mol. The van der Waals surface area contributed by atoms with Gasteiger partial charge in [0.25, 0.3) is 0 Å². The van der Waals surface area contributed by atoms with E-state index in [0.29, 0.717) is 23.9 Å². The molecule has 1 heterocycles. The molecular formula is C14H18N2OS. The van der Waals surface area contributed by atoms with Gasteiger partial charge in [0.2, 0.25) is 5.91 Å². The van der Waals surface area contributed by atoms with Gasteiger partial charge in [0, 0.05) is 25.1 Å². The van der Waals surface area contributed by atoms with Crippen molar-refractivity contribution in [2.45, 2.75) is 26.8 Å². The molecule has 4 heteroatoms. The highest BCUT2D eigenvalue weighted by molar-refractivity contribution is 7.80. The van der Waals surface area contributed by atoms with E-state index in [4.69, 9.17) is 18.0 Å². The quantitative estimate of drug-likeness (QED) is 0.848. The Balaban J connectivity index is 2.15. The third-order valence-electron chi connectivity index (χ3n) is 3.40. The van der Waals surface area contributed by atoms with E-state index < -0.39 is 0 Å². The zero-order valence-electron chi connectivity index (χ0n) is 10.8. The molecule has 1 aliphatic heterocycles. The third kappa shape index (κ3) is 2.70. The predicted molar refractivity (Wildman–Crippen MR) is 76.3 cm³/mol. The second-order valence-corrected chi connectivity index (χ2v) is 5.53. The van der Waals surface area contributed by atoms with Gasteiger partial charge in [-0.05, 0) is 30.0 Å². The molecule has 96 valence electrons. The molecule has 0 aromatic heterocycles. The van der Waals surface area contributed by atoms with Crippen LogP contribution in [0.2, 0.25) is 0 Å². The standard InChI is InChI=1S/C14H18N2OS/c1-9-5-13(17)16(7-9)8-12-4-3-11(14(15)18)6-10(12)2/h3-4,6,9H,5,7-8H2,1-2H3,(H2,15,18). The van der Waals surface area contributed by atoms with E-state index in [9.17, 15) is 4.79 Å². The molecule has 1 atom stereocenters. The Morgan fingerprint density at radius 1 is 1.56 bits per heavy atom. The Morgan fingerprint density at radius 3 is 2.78 bits per heavy atom. The molecule has 1 amide bonds. The van der Waals surface area contributed by atoms with Gasteiger partial charge in [-0.25, -0.2) is 0 Å². The number of aryl methyl sites for hydroxylation is 1. The van der Waals surface area contributed by atoms with Crippen molar-refractivity contribution < 1.29 is 4.79 Å². The number of thiocarbonyl (C=S) groups is 1. The van der Waals surface area contributed by atoms with Crippen LogP contribution in [0.25, 0.3) is 0 Å². The maximum absolute atomic E-state index is 11.8. The van der Waals surface area contributed by atoms with Crippen LogP contribution in [-0.4, -0.2) is 22.3 Å². The van der Waals surface area contributed by atoms with Crippen LogP contribution in [0, 0.1) is 12.8 Å². The molecule has 0 radical (unpaired) electrons. The highest BCUT2D eigenvalue weighted by atomic mass is 32.1. The van der Waals surface area contributed by atoms with E-state index in [2.05, 4.69) is 6.92 Å². The van der Waals surface area contributed by atoms with Crippen molar-refractivity contribution in [3.63, 3.8) is 0 Å². The number of rotatable bonds is 3. The molecule has 2 N–H and O–H groups in total. The number of carbonyl (C=O) groups excluding carboxylic acids is 1. The van der Waals surface area contributed by atoms with Gasteiger partial charge >= 0.3 is 0 Å². The number of hydrogen-bond acceptors (Lipinski definition) is 2. The minimum absolute atomic E-state index is 0.250. The first-order valence-corrected chi connectivity index (χ1v) is 6.55. The Bertz CT molecular complexity index is 499. The van der Waals surface area contributed by atoms with E-state index >= 15 is 0 Å². The summed E-state index contributed by atoms with van der Waals surface area (Å²) in [6.45, 7) is 5.68. The lowest BCUT2D eigenvalue weighted by Crippen LogP contribution is -2.25. The van der Waals surface area contributed by atoms with E-state index in [1.165, 1.54) is 0 Å². The lowest BCUT2D eigenvalue weighted by molar-refractivity contribution is -0.128. The second kappa shape index (κ2) is 5.06. The van der Waals surface area contributed by atoms with E-state index in [1.54, 1.807) is 0 Å². The molecule has 1 aromatic rings. The van der Waals surface area contributed by atoms with Crippen LogP contribution in [0.5, 0.6) is 0 Å². The van der Waals surface area contributed by atoms with Gasteiger partial charge in [0.15, 0.2) is 0 Å². The Hall–Kier alpha value is -1.42. The average molecular weight is 262 g/mol. The van der Waals surface area contributed by atoms with Gasteiger partial charge < -0.3 is 10.6 Å². The summed E-state index contributed by atoms with van der Waals surface area (Å²) < 4.78 is 0. The first kappa shape index (κ1) is 13.0. The minimum atomic E-state index is 0.250. The number of carbonyl (C=O) groups is 1. The van der Waals surface area contributed by atoms with Crippen LogP contribution in [0.15, 0.2) is 18.2 Å². The molecule has 1 aromatic carbocycles. The van der Waals surface area contributed by atoms with E-state index in [0.717, 1.165) is 23.2 Å². The lowest BCUT2D eigenvalue weighted by atomic mass is 10.0. The first-order valence-electron chi connectivity index (χ1n) is 6.14. The van der Waals surface area contributed by atoms with Gasteiger partial charge in [-0.3, -0.25) is 4.79 Å². The lowest BCUT2D eigenvalue weighted by Gasteiger charge is -2.18. The summed E-state index contributed by atoms with van der Waals surface area (Å²) in [6, 6.07) is 5.93. The van der Waals surface area contributed by atoms with Crippen molar-refractivity contribution in [2.24, 2.45) is 11.7 Å². The monoisotopic (exact) mass is 262 g/mol. The molecule has 0 saturated carbocycles. The second-order valence-electron chi connectivity index (χ2n) is 5.09. The van der Waals surface area contributed by atoms with Crippen LogP contribution in [0.3, 0.4) is 0 Å². The fourth-order valence-corrected chi connectivity index (χ4v) is 2.48. The molecule has 0 spiro atoms. The predicted octanol–water partition coefficient (Wildman–Crippen LogP) is 2.00. The van der Waals surface area contributed by atoms with Crippen molar-refractivity contribution in [1.29, 1.82) is 0 Å². The highest BCUT2D eigenvalue weighted by Gasteiger charge is 2.26. The van der Waals surface area contributed by atoms with Crippen LogP contribution in [0.1, 0.15) is 30.0 Å². The number of benzene rings is 1. The fraction of sp³-hybridized carbons (Fsp3) is 0.429. The molecule has 3 nitrogen and oxygen atoms in total. The Labute approximate surface area is 113 Å². The van der Waals surface area contributed by atoms with Crippen molar-refractivity contribution in [1.82, 2.24) is 4.90 Å². The summed E-state index contributed by atoms with van der Waals surface area (Å²) in [4.78, 5) is 14.1. The Kier molecular flexibility index (Phi) is 3.66. The van der Waals surface area contributed by atoms with Crippen molar-refractivity contribution in [3.8, 4) is 0 Å². The molecule has 1 saturated heterocycles. The van der Waals surface area contributed by atoms with Crippen molar-refractivity contribution >= 4 is 23.1 Å². The maximum atomic E-state index is 11.8. The maximum Gasteiger partial charge on any atom is 0.223 e. The summed E-state index contributed by atoms with van der Waals surface area (Å²) in [6.07, 6.45) is 0.671. The molecule has 0 bridgehead atoms. The van der Waals surface area contributed by atoms with Gasteiger partial charge in [-0.1, -0.05) is 31.3 Å². The van der Waals surface area contributed by atoms with E-state index in [-0.39, 0.29) is 5.91 Å². The van der Waals surface area contributed by atoms with Crippen LogP contribution in [-0.2, 0) is 11.3 Å². The number of nitrogens with zero attached hydrogens (tertiary/aromatic N) is 1.